The molecular weight excluding hydrogens is 256 g/mol. The second kappa shape index (κ2) is 6.83. The molecule has 2 heterocycles. The topological polar surface area (TPSA) is 15.3 Å². The Morgan fingerprint density at radius 2 is 2.00 bits per heavy atom. The molecule has 1 N–H and O–H groups in total. The highest BCUT2D eigenvalue weighted by atomic mass is 15.1. The highest BCUT2D eigenvalue weighted by Gasteiger charge is 2.24. The molecule has 0 bridgehead atoms. The molecule has 2 atom stereocenters. The highest BCUT2D eigenvalue weighted by Crippen LogP contribution is 2.33. The molecule has 0 radical (unpaired) electrons. The Labute approximate surface area is 129 Å². The van der Waals surface area contributed by atoms with Crippen LogP contribution in [0.25, 0.3) is 0 Å². The molecule has 0 saturated carbocycles. The third-order valence-electron chi connectivity index (χ3n) is 5.50. The van der Waals surface area contributed by atoms with Gasteiger partial charge in [0.25, 0.3) is 0 Å². The van der Waals surface area contributed by atoms with Crippen molar-refractivity contribution in [3.63, 3.8) is 0 Å². The van der Waals surface area contributed by atoms with Crippen molar-refractivity contribution in [3.05, 3.63) is 29.8 Å². The zero-order valence-corrected chi connectivity index (χ0v) is 13.6. The zero-order chi connectivity index (χ0) is 14.7. The Balaban J connectivity index is 1.62. The third kappa shape index (κ3) is 3.60. The minimum Gasteiger partial charge on any atom is -0.385 e. The quantitative estimate of drug-likeness (QED) is 0.889. The highest BCUT2D eigenvalue weighted by molar-refractivity contribution is 5.54. The van der Waals surface area contributed by atoms with Crippen LogP contribution in [0.2, 0.25) is 0 Å². The van der Waals surface area contributed by atoms with Gasteiger partial charge in [0, 0.05) is 24.7 Å². The first kappa shape index (κ1) is 14.9. The summed E-state index contributed by atoms with van der Waals surface area (Å²) in [5.74, 6) is 2.51. The van der Waals surface area contributed by atoms with Crippen molar-refractivity contribution in [2.45, 2.75) is 45.4 Å². The molecule has 0 aromatic heterocycles. The van der Waals surface area contributed by atoms with Gasteiger partial charge >= 0.3 is 0 Å². The van der Waals surface area contributed by atoms with E-state index in [-0.39, 0.29) is 0 Å². The van der Waals surface area contributed by atoms with Crippen LogP contribution >= 0.6 is 0 Å². The molecule has 2 nitrogen and oxygen atoms in total. The van der Waals surface area contributed by atoms with Gasteiger partial charge in [-0.2, -0.15) is 0 Å². The van der Waals surface area contributed by atoms with Gasteiger partial charge in [0.1, 0.15) is 0 Å². The number of hydrogen-bond acceptors (Lipinski definition) is 2. The van der Waals surface area contributed by atoms with Crippen LogP contribution in [0.5, 0.6) is 0 Å². The minimum absolute atomic E-state index is 0.720. The number of fused-ring (bicyclic) bond motifs is 1. The first-order chi connectivity index (χ1) is 10.2. The number of nitrogens with zero attached hydrogens (tertiary/aromatic N) is 1. The fraction of sp³-hybridized carbons (Fsp3) is 0.684. The first-order valence-corrected chi connectivity index (χ1v) is 8.79. The molecule has 2 aliphatic rings. The van der Waals surface area contributed by atoms with Crippen LogP contribution in [0.3, 0.4) is 0 Å². The van der Waals surface area contributed by atoms with E-state index < -0.39 is 0 Å². The van der Waals surface area contributed by atoms with E-state index in [2.05, 4.69) is 48.3 Å². The Morgan fingerprint density at radius 3 is 2.86 bits per heavy atom. The van der Waals surface area contributed by atoms with E-state index in [9.17, 15) is 0 Å². The van der Waals surface area contributed by atoms with Gasteiger partial charge in [-0.25, -0.2) is 0 Å². The number of rotatable bonds is 3. The normalized spacial score (nSPS) is 27.0. The average Bonchev–Trinajstić information content (AvgIpc) is 2.73. The smallest absolute Gasteiger partial charge is 0.0376 e. The van der Waals surface area contributed by atoms with Crippen LogP contribution in [0.1, 0.15) is 51.0 Å². The average molecular weight is 286 g/mol. The van der Waals surface area contributed by atoms with Gasteiger partial charge in [0.2, 0.25) is 0 Å². The number of anilines is 1. The van der Waals surface area contributed by atoms with Crippen molar-refractivity contribution in [1.82, 2.24) is 4.90 Å². The van der Waals surface area contributed by atoms with Crippen molar-refractivity contribution in [3.8, 4) is 0 Å². The maximum absolute atomic E-state index is 3.55. The lowest BCUT2D eigenvalue weighted by atomic mass is 9.89. The summed E-state index contributed by atoms with van der Waals surface area (Å²) in [7, 11) is 0. The summed E-state index contributed by atoms with van der Waals surface area (Å²) in [5, 5.41) is 3.55. The van der Waals surface area contributed by atoms with Gasteiger partial charge in [-0.05, 0) is 62.2 Å². The number of hydrogen-bond donors (Lipinski definition) is 1. The van der Waals surface area contributed by atoms with Gasteiger partial charge in [0.15, 0.2) is 0 Å². The summed E-state index contributed by atoms with van der Waals surface area (Å²) >= 11 is 0. The van der Waals surface area contributed by atoms with Crippen molar-refractivity contribution >= 4 is 5.69 Å². The van der Waals surface area contributed by atoms with Gasteiger partial charge in [-0.3, -0.25) is 0 Å². The van der Waals surface area contributed by atoms with E-state index in [1.54, 1.807) is 0 Å². The largest absolute Gasteiger partial charge is 0.385 e. The van der Waals surface area contributed by atoms with E-state index in [1.807, 2.05) is 0 Å². The molecule has 1 aromatic rings. The maximum Gasteiger partial charge on any atom is 0.0376 e. The first-order valence-electron chi connectivity index (χ1n) is 8.79. The van der Waals surface area contributed by atoms with Crippen LogP contribution in [-0.4, -0.2) is 31.1 Å². The van der Waals surface area contributed by atoms with Crippen molar-refractivity contribution in [2.75, 3.05) is 31.5 Å². The second-order valence-electron chi connectivity index (χ2n) is 7.24. The maximum atomic E-state index is 3.55. The van der Waals surface area contributed by atoms with Crippen molar-refractivity contribution in [1.29, 1.82) is 0 Å². The zero-order valence-electron chi connectivity index (χ0n) is 13.6. The van der Waals surface area contributed by atoms with Crippen LogP contribution in [0.15, 0.2) is 24.3 Å². The SMILES string of the molecule is CC(C)C1CCCN(CC2CCNc3ccccc32)CC1. The molecule has 116 valence electrons. The van der Waals surface area contributed by atoms with E-state index >= 15 is 0 Å². The number of para-hydroxylation sites is 1. The molecule has 3 rings (SSSR count). The lowest BCUT2D eigenvalue weighted by molar-refractivity contribution is 0.252. The Kier molecular flexibility index (Phi) is 4.84. The Bertz CT molecular complexity index is 455. The third-order valence-corrected chi connectivity index (χ3v) is 5.50. The predicted octanol–water partition coefficient (Wildman–Crippen LogP) is 4.34. The van der Waals surface area contributed by atoms with Crippen molar-refractivity contribution < 1.29 is 0 Å². The number of benzene rings is 1. The van der Waals surface area contributed by atoms with Crippen LogP contribution in [0, 0.1) is 11.8 Å². The monoisotopic (exact) mass is 286 g/mol. The van der Waals surface area contributed by atoms with Gasteiger partial charge in [-0.15, -0.1) is 0 Å². The summed E-state index contributed by atoms with van der Waals surface area (Å²) in [4.78, 5) is 2.73. The summed E-state index contributed by atoms with van der Waals surface area (Å²) in [6.45, 7) is 9.77. The molecule has 0 spiro atoms. The standard InChI is InChI=1S/C19H30N2/c1-15(2)16-6-5-12-21(13-10-16)14-17-9-11-20-19-8-4-3-7-18(17)19/h3-4,7-8,15-17,20H,5-6,9-14H2,1-2H3. The predicted molar refractivity (Wildman–Crippen MR) is 90.9 cm³/mol. The number of likely N-dealkylation sites (tertiary alicyclic amines) is 1. The van der Waals surface area contributed by atoms with Gasteiger partial charge in [-0.1, -0.05) is 32.0 Å². The molecular formula is C19H30N2. The summed E-state index contributed by atoms with van der Waals surface area (Å²) in [5.41, 5.74) is 2.90. The fourth-order valence-corrected chi connectivity index (χ4v) is 4.08. The molecule has 1 fully saturated rings. The minimum atomic E-state index is 0.720. The van der Waals surface area contributed by atoms with E-state index in [4.69, 9.17) is 0 Å². The number of nitrogens with one attached hydrogen (secondary N) is 1. The molecule has 2 aliphatic heterocycles. The molecule has 0 aliphatic carbocycles. The summed E-state index contributed by atoms with van der Waals surface area (Å²) < 4.78 is 0. The van der Waals surface area contributed by atoms with E-state index in [0.29, 0.717) is 0 Å². The lowest BCUT2D eigenvalue weighted by Gasteiger charge is -2.31. The van der Waals surface area contributed by atoms with Crippen molar-refractivity contribution in [2.24, 2.45) is 11.8 Å². The van der Waals surface area contributed by atoms with E-state index in [0.717, 1.165) is 24.3 Å². The Hall–Kier alpha value is -1.02. The van der Waals surface area contributed by atoms with Gasteiger partial charge in [0.05, 0.1) is 0 Å². The molecule has 1 saturated heterocycles. The molecule has 0 amide bonds. The molecule has 1 aromatic carbocycles. The second-order valence-corrected chi connectivity index (χ2v) is 7.24. The lowest BCUT2D eigenvalue weighted by Crippen LogP contribution is -2.32. The van der Waals surface area contributed by atoms with Crippen LogP contribution < -0.4 is 5.32 Å². The van der Waals surface area contributed by atoms with Gasteiger partial charge < -0.3 is 10.2 Å². The fourth-order valence-electron chi connectivity index (χ4n) is 4.08. The summed E-state index contributed by atoms with van der Waals surface area (Å²) in [6, 6.07) is 8.89. The Morgan fingerprint density at radius 1 is 1.14 bits per heavy atom. The molecule has 2 heteroatoms. The molecule has 2 unspecified atom stereocenters. The van der Waals surface area contributed by atoms with Crippen LogP contribution in [0.4, 0.5) is 5.69 Å². The molecule has 21 heavy (non-hydrogen) atoms. The van der Waals surface area contributed by atoms with Crippen LogP contribution in [-0.2, 0) is 0 Å². The van der Waals surface area contributed by atoms with E-state index in [1.165, 1.54) is 56.6 Å². The summed E-state index contributed by atoms with van der Waals surface area (Å²) in [6.07, 6.45) is 5.48.